The summed E-state index contributed by atoms with van der Waals surface area (Å²) in [5, 5.41) is 22.2. The van der Waals surface area contributed by atoms with Crippen molar-refractivity contribution in [3.8, 4) is 11.5 Å². The molecule has 0 spiro atoms. The zero-order valence-corrected chi connectivity index (χ0v) is 10.5. The maximum absolute atomic E-state index is 9.82. The number of phenols is 1. The second-order valence-electron chi connectivity index (χ2n) is 4.55. The van der Waals surface area contributed by atoms with E-state index in [1.807, 2.05) is 18.2 Å². The van der Waals surface area contributed by atoms with Gasteiger partial charge < -0.3 is 20.3 Å². The summed E-state index contributed by atoms with van der Waals surface area (Å²) in [7, 11) is 1.57. The molecule has 1 aliphatic carbocycles. The van der Waals surface area contributed by atoms with Gasteiger partial charge in [-0.2, -0.15) is 0 Å². The number of hydrogen-bond acceptors (Lipinski definition) is 4. The highest BCUT2D eigenvalue weighted by atomic mass is 16.5. The molecule has 18 heavy (non-hydrogen) atoms. The van der Waals surface area contributed by atoms with Crippen molar-refractivity contribution in [1.29, 1.82) is 0 Å². The number of benzene rings is 1. The van der Waals surface area contributed by atoms with E-state index in [0.717, 1.165) is 12.0 Å². The van der Waals surface area contributed by atoms with Gasteiger partial charge in [-0.05, 0) is 12.5 Å². The molecule has 0 saturated heterocycles. The zero-order valence-electron chi connectivity index (χ0n) is 10.5. The fourth-order valence-corrected chi connectivity index (χ4v) is 2.12. The zero-order chi connectivity index (χ0) is 13.0. The Morgan fingerprint density at radius 2 is 2.22 bits per heavy atom. The monoisotopic (exact) mass is 249 g/mol. The third-order valence-electron chi connectivity index (χ3n) is 3.25. The molecule has 0 unspecified atom stereocenters. The Morgan fingerprint density at radius 1 is 1.39 bits per heavy atom. The molecule has 0 bridgehead atoms. The van der Waals surface area contributed by atoms with Crippen molar-refractivity contribution >= 4 is 0 Å². The largest absolute Gasteiger partial charge is 0.507 e. The molecule has 1 aliphatic rings. The SMILES string of the molecule is COc1ccc(CN[C@@H]2C=C[C@H](CO)C2)c(O)c1. The standard InChI is InChI=1S/C14H19NO3/c1-18-13-5-3-11(14(17)7-13)8-15-12-4-2-10(6-12)9-16/h2-5,7,10,12,15-17H,6,8-9H2,1H3/t10-,12+/m0/s1. The lowest BCUT2D eigenvalue weighted by molar-refractivity contribution is 0.246. The summed E-state index contributed by atoms with van der Waals surface area (Å²) in [6, 6.07) is 5.56. The maximum atomic E-state index is 9.82. The van der Waals surface area contributed by atoms with Gasteiger partial charge in [-0.3, -0.25) is 0 Å². The topological polar surface area (TPSA) is 61.7 Å². The number of methoxy groups -OCH3 is 1. The fraction of sp³-hybridized carbons (Fsp3) is 0.429. The number of aliphatic hydroxyl groups excluding tert-OH is 1. The molecule has 4 heteroatoms. The van der Waals surface area contributed by atoms with Crippen LogP contribution >= 0.6 is 0 Å². The predicted octanol–water partition coefficient (Wildman–Crippen LogP) is 1.43. The molecule has 0 amide bonds. The molecule has 0 heterocycles. The van der Waals surface area contributed by atoms with E-state index in [9.17, 15) is 5.11 Å². The Kier molecular flexibility index (Phi) is 4.23. The third-order valence-corrected chi connectivity index (χ3v) is 3.25. The molecule has 1 aromatic carbocycles. The smallest absolute Gasteiger partial charge is 0.123 e. The van der Waals surface area contributed by atoms with Crippen molar-refractivity contribution in [1.82, 2.24) is 5.32 Å². The summed E-state index contributed by atoms with van der Waals surface area (Å²) in [4.78, 5) is 0. The Hall–Kier alpha value is -1.52. The van der Waals surface area contributed by atoms with Crippen LogP contribution in [0, 0.1) is 5.92 Å². The molecular formula is C14H19NO3. The van der Waals surface area contributed by atoms with Crippen LogP contribution in [0.3, 0.4) is 0 Å². The second kappa shape index (κ2) is 5.89. The van der Waals surface area contributed by atoms with Gasteiger partial charge in [-0.1, -0.05) is 18.2 Å². The van der Waals surface area contributed by atoms with Crippen LogP contribution in [-0.4, -0.2) is 30.0 Å². The lowest BCUT2D eigenvalue weighted by atomic mass is 10.1. The minimum atomic E-state index is 0.197. The van der Waals surface area contributed by atoms with Crippen LogP contribution in [0.15, 0.2) is 30.4 Å². The first-order chi connectivity index (χ1) is 8.72. The highest BCUT2D eigenvalue weighted by Gasteiger charge is 2.17. The van der Waals surface area contributed by atoms with Crippen molar-refractivity contribution in [3.05, 3.63) is 35.9 Å². The van der Waals surface area contributed by atoms with E-state index >= 15 is 0 Å². The van der Waals surface area contributed by atoms with Crippen molar-refractivity contribution < 1.29 is 14.9 Å². The molecule has 0 aromatic heterocycles. The molecule has 1 aromatic rings. The van der Waals surface area contributed by atoms with Crippen LogP contribution in [-0.2, 0) is 6.54 Å². The third kappa shape index (κ3) is 3.03. The number of hydrogen-bond donors (Lipinski definition) is 3. The van der Waals surface area contributed by atoms with Gasteiger partial charge in [-0.15, -0.1) is 0 Å². The highest BCUT2D eigenvalue weighted by molar-refractivity contribution is 5.39. The van der Waals surface area contributed by atoms with Gasteiger partial charge in [0.05, 0.1) is 7.11 Å². The van der Waals surface area contributed by atoms with Crippen LogP contribution in [0.2, 0.25) is 0 Å². The summed E-state index contributed by atoms with van der Waals surface area (Å²) >= 11 is 0. The summed E-state index contributed by atoms with van der Waals surface area (Å²) < 4.78 is 5.04. The molecule has 0 radical (unpaired) electrons. The molecule has 2 atom stereocenters. The van der Waals surface area contributed by atoms with E-state index in [1.165, 1.54) is 0 Å². The second-order valence-corrected chi connectivity index (χ2v) is 4.55. The Bertz CT molecular complexity index is 431. The van der Waals surface area contributed by atoms with Gasteiger partial charge in [0.25, 0.3) is 0 Å². The van der Waals surface area contributed by atoms with E-state index in [0.29, 0.717) is 12.3 Å². The number of rotatable bonds is 5. The average Bonchev–Trinajstić information content (AvgIpc) is 2.85. The minimum Gasteiger partial charge on any atom is -0.507 e. The van der Waals surface area contributed by atoms with Crippen molar-refractivity contribution in [2.45, 2.75) is 19.0 Å². The average molecular weight is 249 g/mol. The van der Waals surface area contributed by atoms with E-state index < -0.39 is 0 Å². The number of phenolic OH excluding ortho intramolecular Hbond substituents is 1. The van der Waals surface area contributed by atoms with Gasteiger partial charge in [0, 0.05) is 36.7 Å². The van der Waals surface area contributed by atoms with Gasteiger partial charge in [0.1, 0.15) is 11.5 Å². The molecule has 98 valence electrons. The van der Waals surface area contributed by atoms with E-state index in [1.54, 1.807) is 13.2 Å². The Labute approximate surface area is 107 Å². The number of aliphatic hydroxyl groups is 1. The van der Waals surface area contributed by atoms with Crippen LogP contribution in [0.25, 0.3) is 0 Å². The number of nitrogens with one attached hydrogen (secondary N) is 1. The van der Waals surface area contributed by atoms with Gasteiger partial charge >= 0.3 is 0 Å². The molecule has 0 aliphatic heterocycles. The molecule has 0 saturated carbocycles. The molecule has 0 fully saturated rings. The summed E-state index contributed by atoms with van der Waals surface area (Å²) in [5.74, 6) is 1.15. The number of aromatic hydroxyl groups is 1. The van der Waals surface area contributed by atoms with Crippen molar-refractivity contribution in [3.63, 3.8) is 0 Å². The predicted molar refractivity (Wildman–Crippen MR) is 69.6 cm³/mol. The Balaban J connectivity index is 1.89. The van der Waals surface area contributed by atoms with Crippen LogP contribution < -0.4 is 10.1 Å². The first-order valence-corrected chi connectivity index (χ1v) is 6.11. The minimum absolute atomic E-state index is 0.197. The number of ether oxygens (including phenoxy) is 1. The Morgan fingerprint density at radius 3 is 2.83 bits per heavy atom. The summed E-state index contributed by atoms with van der Waals surface area (Å²) in [5.41, 5.74) is 0.844. The van der Waals surface area contributed by atoms with Gasteiger partial charge in [0.15, 0.2) is 0 Å². The molecule has 3 N–H and O–H groups in total. The molecular weight excluding hydrogens is 230 g/mol. The van der Waals surface area contributed by atoms with Crippen molar-refractivity contribution in [2.75, 3.05) is 13.7 Å². The van der Waals surface area contributed by atoms with Crippen LogP contribution in [0.1, 0.15) is 12.0 Å². The van der Waals surface area contributed by atoms with E-state index in [-0.39, 0.29) is 24.3 Å². The first-order valence-electron chi connectivity index (χ1n) is 6.11. The lowest BCUT2D eigenvalue weighted by Crippen LogP contribution is -2.26. The highest BCUT2D eigenvalue weighted by Crippen LogP contribution is 2.24. The van der Waals surface area contributed by atoms with Gasteiger partial charge in [-0.25, -0.2) is 0 Å². The molecule has 4 nitrogen and oxygen atoms in total. The van der Waals surface area contributed by atoms with Crippen LogP contribution in [0.4, 0.5) is 0 Å². The summed E-state index contributed by atoms with van der Waals surface area (Å²) in [6.45, 7) is 0.797. The van der Waals surface area contributed by atoms with Crippen molar-refractivity contribution in [2.24, 2.45) is 5.92 Å². The first kappa shape index (κ1) is 12.9. The normalized spacial score (nSPS) is 22.3. The quantitative estimate of drug-likeness (QED) is 0.691. The van der Waals surface area contributed by atoms with E-state index in [2.05, 4.69) is 11.4 Å². The van der Waals surface area contributed by atoms with E-state index in [4.69, 9.17) is 9.84 Å². The van der Waals surface area contributed by atoms with Crippen LogP contribution in [0.5, 0.6) is 11.5 Å². The fourth-order valence-electron chi connectivity index (χ4n) is 2.12. The summed E-state index contributed by atoms with van der Waals surface area (Å²) in [6.07, 6.45) is 5.01. The maximum Gasteiger partial charge on any atom is 0.123 e. The van der Waals surface area contributed by atoms with Gasteiger partial charge in [0.2, 0.25) is 0 Å². The molecule has 2 rings (SSSR count). The lowest BCUT2D eigenvalue weighted by Gasteiger charge is -2.13.